The average Bonchev–Trinajstić information content (AvgIpc) is 2.26. The van der Waals surface area contributed by atoms with Crippen molar-refractivity contribution < 1.29 is 22.7 Å². The molecular formula is C12H16O5S. The fraction of sp³-hybridized carbons (Fsp3) is 0.417. The minimum atomic E-state index is -3.28. The molecule has 18 heavy (non-hydrogen) atoms. The van der Waals surface area contributed by atoms with Crippen LogP contribution in [0.5, 0.6) is 11.5 Å². The minimum absolute atomic E-state index is 0.0629. The lowest BCUT2D eigenvalue weighted by Crippen LogP contribution is -2.16. The van der Waals surface area contributed by atoms with Crippen molar-refractivity contribution in [2.45, 2.75) is 6.42 Å². The van der Waals surface area contributed by atoms with Gasteiger partial charge in [-0.15, -0.1) is 0 Å². The molecule has 0 radical (unpaired) electrons. The van der Waals surface area contributed by atoms with E-state index in [-0.39, 0.29) is 12.2 Å². The van der Waals surface area contributed by atoms with Crippen LogP contribution < -0.4 is 9.47 Å². The zero-order chi connectivity index (χ0) is 13.8. The Morgan fingerprint density at radius 1 is 1.17 bits per heavy atom. The van der Waals surface area contributed by atoms with Gasteiger partial charge in [0.2, 0.25) is 0 Å². The second kappa shape index (κ2) is 5.86. The van der Waals surface area contributed by atoms with E-state index in [0.29, 0.717) is 17.1 Å². The number of sulfone groups is 1. The largest absolute Gasteiger partial charge is 0.493 e. The van der Waals surface area contributed by atoms with Crippen LogP contribution in [0.3, 0.4) is 0 Å². The summed E-state index contributed by atoms with van der Waals surface area (Å²) in [6.45, 7) is 0. The van der Waals surface area contributed by atoms with Gasteiger partial charge in [0.15, 0.2) is 27.1 Å². The molecule has 0 aliphatic rings. The van der Waals surface area contributed by atoms with Gasteiger partial charge in [0, 0.05) is 12.7 Å². The van der Waals surface area contributed by atoms with Gasteiger partial charge in [0.25, 0.3) is 0 Å². The quantitative estimate of drug-likeness (QED) is 0.768. The van der Waals surface area contributed by atoms with Crippen LogP contribution in [0.2, 0.25) is 0 Å². The number of carbonyl (C=O) groups is 1. The predicted molar refractivity (Wildman–Crippen MR) is 68.0 cm³/mol. The minimum Gasteiger partial charge on any atom is -0.493 e. The summed E-state index contributed by atoms with van der Waals surface area (Å²) in [7, 11) is -0.257. The Labute approximate surface area is 107 Å². The normalized spacial score (nSPS) is 11.1. The molecule has 1 rings (SSSR count). The Hall–Kier alpha value is -1.56. The van der Waals surface area contributed by atoms with Crippen LogP contribution in [0.1, 0.15) is 5.56 Å². The third kappa shape index (κ3) is 4.37. The molecule has 0 atom stereocenters. The maximum Gasteiger partial charge on any atom is 0.161 e. The molecule has 6 heteroatoms. The van der Waals surface area contributed by atoms with Crippen LogP contribution in [0.15, 0.2) is 18.2 Å². The molecule has 1 aromatic rings. The highest BCUT2D eigenvalue weighted by molar-refractivity contribution is 7.91. The Morgan fingerprint density at radius 2 is 1.78 bits per heavy atom. The van der Waals surface area contributed by atoms with Crippen molar-refractivity contribution in [1.82, 2.24) is 0 Å². The van der Waals surface area contributed by atoms with E-state index in [9.17, 15) is 13.2 Å². The van der Waals surface area contributed by atoms with Crippen molar-refractivity contribution in [3.05, 3.63) is 23.8 Å². The highest BCUT2D eigenvalue weighted by Gasteiger charge is 2.13. The number of methoxy groups -OCH3 is 2. The number of hydrogen-bond donors (Lipinski definition) is 0. The van der Waals surface area contributed by atoms with Crippen LogP contribution in [0.25, 0.3) is 0 Å². The maximum atomic E-state index is 11.5. The van der Waals surface area contributed by atoms with Gasteiger partial charge >= 0.3 is 0 Å². The van der Waals surface area contributed by atoms with Crippen LogP contribution in [-0.2, 0) is 21.1 Å². The summed E-state index contributed by atoms with van der Waals surface area (Å²) >= 11 is 0. The molecule has 0 unspecified atom stereocenters. The molecule has 0 aromatic heterocycles. The molecular weight excluding hydrogens is 256 g/mol. The summed E-state index contributed by atoms with van der Waals surface area (Å²) in [4.78, 5) is 11.5. The van der Waals surface area contributed by atoms with Crippen molar-refractivity contribution in [3.8, 4) is 11.5 Å². The van der Waals surface area contributed by atoms with E-state index in [1.807, 2.05) is 0 Å². The second-order valence-corrected chi connectivity index (χ2v) is 6.12. The van der Waals surface area contributed by atoms with E-state index in [0.717, 1.165) is 6.26 Å². The first-order valence-electron chi connectivity index (χ1n) is 5.26. The van der Waals surface area contributed by atoms with Gasteiger partial charge in [-0.25, -0.2) is 8.42 Å². The Bertz CT molecular complexity index is 533. The van der Waals surface area contributed by atoms with E-state index in [4.69, 9.17) is 9.47 Å². The summed E-state index contributed by atoms with van der Waals surface area (Å²) < 4.78 is 32.2. The van der Waals surface area contributed by atoms with Crippen molar-refractivity contribution in [1.29, 1.82) is 0 Å². The van der Waals surface area contributed by atoms with Gasteiger partial charge in [0.05, 0.1) is 14.2 Å². The highest BCUT2D eigenvalue weighted by Crippen LogP contribution is 2.27. The summed E-state index contributed by atoms with van der Waals surface area (Å²) in [6, 6.07) is 5.06. The Kier molecular flexibility index (Phi) is 4.72. The fourth-order valence-electron chi connectivity index (χ4n) is 1.56. The summed E-state index contributed by atoms with van der Waals surface area (Å²) in [5.41, 5.74) is 0.696. The molecule has 0 aliphatic carbocycles. The van der Waals surface area contributed by atoms with Gasteiger partial charge in [-0.3, -0.25) is 4.79 Å². The molecule has 0 aliphatic heterocycles. The highest BCUT2D eigenvalue weighted by atomic mass is 32.2. The molecule has 0 fully saturated rings. The van der Waals surface area contributed by atoms with Crippen molar-refractivity contribution in [3.63, 3.8) is 0 Å². The number of benzene rings is 1. The molecule has 0 saturated carbocycles. The molecule has 1 aromatic carbocycles. The Balaban J connectivity index is 2.83. The predicted octanol–water partition coefficient (Wildman–Crippen LogP) is 0.860. The number of ketones is 1. The van der Waals surface area contributed by atoms with Gasteiger partial charge in [-0.2, -0.15) is 0 Å². The maximum absolute atomic E-state index is 11.5. The molecule has 0 amide bonds. The van der Waals surface area contributed by atoms with Crippen LogP contribution in [0.4, 0.5) is 0 Å². The summed E-state index contributed by atoms with van der Waals surface area (Å²) in [5.74, 6) is 0.296. The lowest BCUT2D eigenvalue weighted by atomic mass is 10.1. The number of hydrogen-bond acceptors (Lipinski definition) is 5. The van der Waals surface area contributed by atoms with Gasteiger partial charge in [0.1, 0.15) is 5.75 Å². The zero-order valence-corrected chi connectivity index (χ0v) is 11.4. The van der Waals surface area contributed by atoms with Crippen molar-refractivity contribution in [2.24, 2.45) is 0 Å². The fourth-order valence-corrected chi connectivity index (χ4v) is 2.25. The van der Waals surface area contributed by atoms with E-state index >= 15 is 0 Å². The van der Waals surface area contributed by atoms with Crippen molar-refractivity contribution in [2.75, 3.05) is 26.2 Å². The van der Waals surface area contributed by atoms with Gasteiger partial charge < -0.3 is 9.47 Å². The standard InChI is InChI=1S/C12H16O5S/c1-16-11-5-4-9(7-12(11)17-2)6-10(13)8-18(3,14)15/h4-5,7H,6,8H2,1-3H3. The summed E-state index contributed by atoms with van der Waals surface area (Å²) in [6.07, 6.45) is 1.10. The molecule has 0 spiro atoms. The van der Waals surface area contributed by atoms with E-state index in [1.165, 1.54) is 14.2 Å². The van der Waals surface area contributed by atoms with Gasteiger partial charge in [-0.05, 0) is 17.7 Å². The topological polar surface area (TPSA) is 69.7 Å². The first-order chi connectivity index (χ1) is 8.35. The second-order valence-electron chi connectivity index (χ2n) is 3.97. The third-order valence-corrected chi connectivity index (χ3v) is 3.12. The smallest absolute Gasteiger partial charge is 0.161 e. The molecule has 100 valence electrons. The lowest BCUT2D eigenvalue weighted by Gasteiger charge is -2.09. The molecule has 5 nitrogen and oxygen atoms in total. The summed E-state index contributed by atoms with van der Waals surface area (Å²) in [5, 5.41) is 0. The SMILES string of the molecule is COc1ccc(CC(=O)CS(C)(=O)=O)cc1OC. The van der Waals surface area contributed by atoms with Gasteiger partial charge in [-0.1, -0.05) is 6.07 Å². The van der Waals surface area contributed by atoms with Crippen LogP contribution in [0, 0.1) is 0 Å². The molecule has 0 N–H and O–H groups in total. The number of carbonyl (C=O) groups excluding carboxylic acids is 1. The number of rotatable bonds is 6. The molecule has 0 bridgehead atoms. The molecule has 0 saturated heterocycles. The third-order valence-electron chi connectivity index (χ3n) is 2.27. The van der Waals surface area contributed by atoms with E-state index < -0.39 is 15.6 Å². The first kappa shape index (κ1) is 14.5. The van der Waals surface area contributed by atoms with Crippen LogP contribution in [-0.4, -0.2) is 40.4 Å². The Morgan fingerprint density at radius 3 is 2.28 bits per heavy atom. The van der Waals surface area contributed by atoms with E-state index in [2.05, 4.69) is 0 Å². The van der Waals surface area contributed by atoms with E-state index in [1.54, 1.807) is 18.2 Å². The van der Waals surface area contributed by atoms with Crippen LogP contribution >= 0.6 is 0 Å². The first-order valence-corrected chi connectivity index (χ1v) is 7.32. The number of Topliss-reactive ketones (excluding diaryl/α,β-unsaturated/α-hetero) is 1. The molecule has 0 heterocycles. The lowest BCUT2D eigenvalue weighted by molar-refractivity contribution is -0.116. The number of ether oxygens (including phenoxy) is 2. The zero-order valence-electron chi connectivity index (χ0n) is 10.6. The monoisotopic (exact) mass is 272 g/mol. The van der Waals surface area contributed by atoms with Crippen molar-refractivity contribution >= 4 is 15.6 Å². The average molecular weight is 272 g/mol.